The van der Waals surface area contributed by atoms with E-state index in [0.29, 0.717) is 39.5 Å². The fourth-order valence-electron chi connectivity index (χ4n) is 11.3. The molecule has 0 amide bonds. The van der Waals surface area contributed by atoms with Gasteiger partial charge in [0.1, 0.15) is 17.3 Å². The summed E-state index contributed by atoms with van der Waals surface area (Å²) in [6.45, 7) is -0.143. The van der Waals surface area contributed by atoms with Crippen LogP contribution < -0.4 is 30.1 Å². The first kappa shape index (κ1) is 37.4. The summed E-state index contributed by atoms with van der Waals surface area (Å²) in [5.74, 6) is 1.07. The number of benzene rings is 10. The van der Waals surface area contributed by atoms with Crippen molar-refractivity contribution in [2.24, 2.45) is 5.41 Å². The molecule has 6 heteroatoms. The Labute approximate surface area is 480 Å². The highest BCUT2D eigenvalue weighted by atomic mass is 28.3. The lowest BCUT2D eigenvalue weighted by molar-refractivity contribution is -0.572. The molecule has 0 fully saturated rings. The van der Waals surface area contributed by atoms with Gasteiger partial charge < -0.3 is 4.74 Å². The number of para-hydroxylation sites is 4. The van der Waals surface area contributed by atoms with Crippen LogP contribution in [0.4, 0.5) is 0 Å². The number of aromatic nitrogens is 4. The summed E-state index contributed by atoms with van der Waals surface area (Å²) in [5, 5.41) is 6.50. The Hall–Kier alpha value is -9.36. The normalized spacial score (nSPS) is 14.6. The van der Waals surface area contributed by atoms with Crippen molar-refractivity contribution in [3.8, 4) is 50.9 Å². The first-order valence-electron chi connectivity index (χ1n) is 32.3. The quantitative estimate of drug-likeness (QED) is 0.0529. The zero-order valence-corrected chi connectivity index (χ0v) is 44.7. The van der Waals surface area contributed by atoms with Crippen molar-refractivity contribution < 1.29 is 25.8 Å². The monoisotopic (exact) mass is 1050 g/mol. The number of ether oxygens (including phenoxy) is 1. The minimum absolute atomic E-state index is 0.161. The molecule has 0 spiro atoms. The molecule has 0 atom stereocenters. The van der Waals surface area contributed by atoms with Crippen LogP contribution in [0.25, 0.3) is 72.3 Å². The van der Waals surface area contributed by atoms with Crippen LogP contribution in [0.3, 0.4) is 0 Å². The molecule has 5 nitrogen and oxygen atoms in total. The molecule has 10 aromatic carbocycles. The van der Waals surface area contributed by atoms with Crippen LogP contribution in [-0.4, -0.2) is 22.2 Å². The van der Waals surface area contributed by atoms with E-state index in [-0.39, 0.29) is 16.9 Å². The van der Waals surface area contributed by atoms with Gasteiger partial charge in [0.2, 0.25) is 0 Å². The lowest BCUT2D eigenvalue weighted by atomic mass is 9.86. The molecule has 3 heterocycles. The van der Waals surface area contributed by atoms with Crippen molar-refractivity contribution in [2.45, 2.75) is 40.8 Å². The maximum Gasteiger partial charge on any atom is 0.269 e. The summed E-state index contributed by atoms with van der Waals surface area (Å²) in [6, 6.07) is 74.2. The largest absolute Gasteiger partial charge is 0.458 e. The molecule has 3 aromatic heterocycles. The third-order valence-electron chi connectivity index (χ3n) is 14.6. The van der Waals surface area contributed by atoms with E-state index in [2.05, 4.69) is 128 Å². The van der Waals surface area contributed by atoms with Gasteiger partial charge in [-0.1, -0.05) is 227 Å². The number of fused-ring (bicyclic) bond motifs is 4. The smallest absolute Gasteiger partial charge is 0.269 e. The Morgan fingerprint density at radius 3 is 1.92 bits per heavy atom. The highest BCUT2D eigenvalue weighted by Gasteiger charge is 2.41. The highest BCUT2D eigenvalue weighted by Crippen LogP contribution is 2.38. The molecule has 0 radical (unpaired) electrons. The van der Waals surface area contributed by atoms with Crippen molar-refractivity contribution in [2.75, 3.05) is 0 Å². The highest BCUT2D eigenvalue weighted by molar-refractivity contribution is 7.19. The van der Waals surface area contributed by atoms with Crippen LogP contribution >= 0.6 is 0 Å². The van der Waals surface area contributed by atoms with Crippen molar-refractivity contribution in [3.05, 3.63) is 284 Å². The zero-order chi connectivity index (χ0) is 63.9. The van der Waals surface area contributed by atoms with E-state index < -0.39 is 68.9 Å². The van der Waals surface area contributed by atoms with Crippen LogP contribution in [0.15, 0.2) is 261 Å². The molecule has 0 aliphatic rings. The predicted octanol–water partition coefficient (Wildman–Crippen LogP) is 14.9. The van der Waals surface area contributed by atoms with Gasteiger partial charge in [-0.2, -0.15) is 0 Å². The second kappa shape index (κ2) is 20.2. The lowest BCUT2D eigenvalue weighted by Gasteiger charge is -2.34. The molecule has 0 unspecified atom stereocenters. The van der Waals surface area contributed by atoms with Gasteiger partial charge in [0.05, 0.1) is 38.9 Å². The molecule has 13 rings (SSSR count). The van der Waals surface area contributed by atoms with Gasteiger partial charge in [0, 0.05) is 39.6 Å². The fraction of sp³-hybridized carbons (Fsp3) is 0.0959. The number of imidazole rings is 1. The van der Waals surface area contributed by atoms with E-state index in [1.807, 2.05) is 133 Å². The summed E-state index contributed by atoms with van der Waals surface area (Å²) in [5.41, 5.74) is 3.90. The van der Waals surface area contributed by atoms with E-state index in [0.717, 1.165) is 32.9 Å². The Morgan fingerprint density at radius 1 is 0.557 bits per heavy atom. The topological polar surface area (TPSA) is 35.9 Å². The van der Waals surface area contributed by atoms with Gasteiger partial charge in [0.25, 0.3) is 6.33 Å². The fourth-order valence-corrected chi connectivity index (χ4v) is 16.1. The molecule has 0 N–H and O–H groups in total. The van der Waals surface area contributed by atoms with Crippen LogP contribution in [0, 0.1) is 25.4 Å². The first-order chi connectivity index (χ1) is 43.5. The van der Waals surface area contributed by atoms with E-state index in [1.165, 1.54) is 33.0 Å². The minimum Gasteiger partial charge on any atom is -0.458 e. The number of aryl methyl sites for hydroxylation is 1. The van der Waals surface area contributed by atoms with Crippen LogP contribution in [0.2, 0.25) is 0 Å². The number of hydrogen-bond acceptors (Lipinski definition) is 2. The number of nitrogens with zero attached hydrogens (tertiary/aromatic N) is 4. The zero-order valence-electron chi connectivity index (χ0n) is 55.7. The Kier molecular flexibility index (Phi) is 9.57. The molecule has 0 saturated carbocycles. The van der Waals surface area contributed by atoms with Crippen molar-refractivity contribution in [1.29, 1.82) is 0 Å². The molecule has 0 aliphatic carbocycles. The standard InChI is InChI=1S/C73H60N4OSi/c1-51-24-15-16-36-62(51)66-49-74-71(44-52(66)2)77-67-39-18-17-37-64(67)65-43-42-57(47-70(65)77)78-56-28-23-27-55(46-56)75-50-76(69-41-20-19-40-68(69)75)72-54(48-73(3,4)5)26-22-38-63(72)53-25-21-35-61(45-53)79(58-29-9-6-10-30-58,59-31-11-7-12-32-59)60-33-13-8-14-34-60/h6-47,49H,48H2,1-5H3/i1D3,2D3,15D,16D,24D,36D,48D2. The van der Waals surface area contributed by atoms with E-state index >= 15 is 0 Å². The van der Waals surface area contributed by atoms with Gasteiger partial charge in [-0.25, -0.2) is 4.98 Å². The molecule has 0 saturated heterocycles. The summed E-state index contributed by atoms with van der Waals surface area (Å²) >= 11 is 0. The van der Waals surface area contributed by atoms with Gasteiger partial charge >= 0.3 is 0 Å². The molecule has 0 bridgehead atoms. The molecule has 79 heavy (non-hydrogen) atoms. The summed E-state index contributed by atoms with van der Waals surface area (Å²) in [7, 11) is -2.99. The molecule has 0 aliphatic heterocycles. The van der Waals surface area contributed by atoms with Crippen LogP contribution in [-0.2, 0) is 6.37 Å². The van der Waals surface area contributed by atoms with Gasteiger partial charge in [-0.15, -0.1) is 0 Å². The summed E-state index contributed by atoms with van der Waals surface area (Å²) in [6.07, 6.45) is 3.06. The van der Waals surface area contributed by atoms with Crippen molar-refractivity contribution >= 4 is 61.7 Å². The molecular formula is C73H60N4OSi. The van der Waals surface area contributed by atoms with Crippen LogP contribution in [0.1, 0.15) is 53.9 Å². The van der Waals surface area contributed by atoms with Crippen molar-refractivity contribution in [3.63, 3.8) is 0 Å². The van der Waals surface area contributed by atoms with Gasteiger partial charge in [0.15, 0.2) is 8.07 Å². The molecular weight excluding hydrogens is 977 g/mol. The maximum absolute atomic E-state index is 9.99. The minimum atomic E-state index is -3.03. The predicted molar refractivity (Wildman–Crippen MR) is 329 cm³/mol. The Bertz CT molecular complexity index is 4870. The number of rotatable bonds is 12. The molecule has 13 aromatic rings. The maximum atomic E-state index is 9.99. The Balaban J connectivity index is 0.938. The number of pyridine rings is 1. The first-order valence-corrected chi connectivity index (χ1v) is 28.3. The number of hydrogen-bond donors (Lipinski definition) is 0. The van der Waals surface area contributed by atoms with Crippen molar-refractivity contribution in [1.82, 2.24) is 14.1 Å². The summed E-state index contributed by atoms with van der Waals surface area (Å²) in [4.78, 5) is 4.73. The summed E-state index contributed by atoms with van der Waals surface area (Å²) < 4.78 is 118. The SMILES string of the molecule is [2H]c1c([2H])c([2H])c(C([2H])([2H])[2H])c(-c2cnc(-n3c4ccccc4c4ccc(Oc5cccc(-n6[c-][n+](-c7c(-c8cccc([Si](c9ccccc9)(c9ccccc9)c9ccccc9)c8)cccc7C([2H])([2H])C(C)(C)C)c7ccccc76)c5)cc43)cc2C([2H])([2H])[2H])c1[2H]. The third-order valence-corrected chi connectivity index (χ3v) is 19.4. The average Bonchev–Trinajstić information content (AvgIpc) is 1.70. The second-order valence-electron chi connectivity index (χ2n) is 20.7. The van der Waals surface area contributed by atoms with Gasteiger partial charge in [-0.3, -0.25) is 13.7 Å². The second-order valence-corrected chi connectivity index (χ2v) is 24.5. The Morgan fingerprint density at radius 2 is 1.19 bits per heavy atom. The van der Waals surface area contributed by atoms with Crippen LogP contribution in [0.5, 0.6) is 11.5 Å². The third kappa shape index (κ3) is 8.94. The molecule has 382 valence electrons. The lowest BCUT2D eigenvalue weighted by Crippen LogP contribution is -2.74. The average molecular weight is 1050 g/mol. The van der Waals surface area contributed by atoms with E-state index in [9.17, 15) is 2.74 Å². The van der Waals surface area contributed by atoms with E-state index in [4.69, 9.17) is 23.4 Å². The van der Waals surface area contributed by atoms with E-state index in [1.54, 1.807) is 4.57 Å². The van der Waals surface area contributed by atoms with Gasteiger partial charge in [-0.05, 0) is 122 Å².